The normalized spacial score (nSPS) is 18.6. The molecule has 1 aliphatic rings. The van der Waals surface area contributed by atoms with Crippen LogP contribution in [0, 0.1) is 5.41 Å². The summed E-state index contributed by atoms with van der Waals surface area (Å²) in [5.74, 6) is 0. The lowest BCUT2D eigenvalue weighted by Gasteiger charge is -2.39. The summed E-state index contributed by atoms with van der Waals surface area (Å²) in [5.41, 5.74) is 3.15. The lowest BCUT2D eigenvalue weighted by atomic mass is 9.82. The van der Waals surface area contributed by atoms with E-state index in [1.807, 2.05) is 6.07 Å². The smallest absolute Gasteiger partial charge is 0.0412 e. The highest BCUT2D eigenvalue weighted by molar-refractivity contribution is 6.30. The number of anilines is 1. The quantitative estimate of drug-likeness (QED) is 0.894. The predicted molar refractivity (Wildman–Crippen MR) is 84.1 cm³/mol. The Balaban J connectivity index is 2.15. The van der Waals surface area contributed by atoms with Crippen molar-refractivity contribution in [1.29, 1.82) is 0 Å². The van der Waals surface area contributed by atoms with Crippen molar-refractivity contribution in [1.82, 2.24) is 5.32 Å². The highest BCUT2D eigenvalue weighted by atomic mass is 35.5. The molecule has 1 N–H and O–H groups in total. The number of hydrogen-bond acceptors (Lipinski definition) is 2. The lowest BCUT2D eigenvalue weighted by molar-refractivity contribution is 0.279. The minimum Gasteiger partial charge on any atom is -0.371 e. The fourth-order valence-corrected chi connectivity index (χ4v) is 2.81. The summed E-state index contributed by atoms with van der Waals surface area (Å²) in [7, 11) is 0. The lowest BCUT2D eigenvalue weighted by Crippen LogP contribution is -2.38. The molecule has 1 fully saturated rings. The Morgan fingerprint density at radius 3 is 2.58 bits per heavy atom. The maximum Gasteiger partial charge on any atom is 0.0412 e. The first-order chi connectivity index (χ1) is 9.02. The fraction of sp³-hybridized carbons (Fsp3) is 0.625. The van der Waals surface area contributed by atoms with Crippen LogP contribution in [-0.4, -0.2) is 19.6 Å². The Bertz CT molecular complexity index is 419. The van der Waals surface area contributed by atoms with Crippen molar-refractivity contribution in [2.75, 3.05) is 24.5 Å². The van der Waals surface area contributed by atoms with Gasteiger partial charge in [0.15, 0.2) is 0 Å². The average Bonchev–Trinajstić information content (AvgIpc) is 2.37. The number of benzene rings is 1. The van der Waals surface area contributed by atoms with Crippen molar-refractivity contribution in [3.8, 4) is 0 Å². The Morgan fingerprint density at radius 1 is 1.26 bits per heavy atom. The van der Waals surface area contributed by atoms with E-state index in [-0.39, 0.29) is 0 Å². The van der Waals surface area contributed by atoms with Gasteiger partial charge < -0.3 is 10.2 Å². The molecule has 1 aliphatic heterocycles. The number of nitrogens with zero attached hydrogens (tertiary/aromatic N) is 1. The second-order valence-corrected chi connectivity index (χ2v) is 6.64. The van der Waals surface area contributed by atoms with Gasteiger partial charge in [0.25, 0.3) is 0 Å². The molecule has 0 amide bonds. The third-order valence-corrected chi connectivity index (χ3v) is 4.30. The van der Waals surface area contributed by atoms with Gasteiger partial charge in [0, 0.05) is 30.3 Å². The van der Waals surface area contributed by atoms with Crippen molar-refractivity contribution in [2.45, 2.75) is 40.2 Å². The Hall–Kier alpha value is -0.730. The third kappa shape index (κ3) is 3.87. The van der Waals surface area contributed by atoms with E-state index in [2.05, 4.69) is 43.1 Å². The molecular weight excluding hydrogens is 256 g/mol. The van der Waals surface area contributed by atoms with Crippen molar-refractivity contribution in [3.63, 3.8) is 0 Å². The van der Waals surface area contributed by atoms with Crippen molar-refractivity contribution in [3.05, 3.63) is 28.8 Å². The molecule has 0 bridgehead atoms. The maximum absolute atomic E-state index is 6.13. The van der Waals surface area contributed by atoms with Gasteiger partial charge in [-0.3, -0.25) is 0 Å². The second kappa shape index (κ2) is 6.15. The molecule has 0 saturated carbocycles. The summed E-state index contributed by atoms with van der Waals surface area (Å²) in [6, 6.07) is 6.28. The van der Waals surface area contributed by atoms with Gasteiger partial charge in [0.2, 0.25) is 0 Å². The van der Waals surface area contributed by atoms with Gasteiger partial charge in [-0.2, -0.15) is 0 Å². The molecule has 1 aromatic carbocycles. The highest BCUT2D eigenvalue weighted by Crippen LogP contribution is 2.34. The summed E-state index contributed by atoms with van der Waals surface area (Å²) in [5, 5.41) is 4.23. The van der Waals surface area contributed by atoms with Gasteiger partial charge in [0.1, 0.15) is 0 Å². The van der Waals surface area contributed by atoms with E-state index in [9.17, 15) is 0 Å². The van der Waals surface area contributed by atoms with Crippen LogP contribution < -0.4 is 10.2 Å². The summed E-state index contributed by atoms with van der Waals surface area (Å²) >= 11 is 6.13. The van der Waals surface area contributed by atoms with Crippen LogP contribution in [0.5, 0.6) is 0 Å². The Morgan fingerprint density at radius 2 is 1.95 bits per heavy atom. The van der Waals surface area contributed by atoms with Crippen LogP contribution in [0.4, 0.5) is 5.69 Å². The molecule has 2 rings (SSSR count). The summed E-state index contributed by atoms with van der Waals surface area (Å²) < 4.78 is 0. The zero-order valence-corrected chi connectivity index (χ0v) is 13.1. The number of halogens is 1. The molecule has 106 valence electrons. The van der Waals surface area contributed by atoms with E-state index in [4.69, 9.17) is 11.6 Å². The molecular formula is C16H25ClN2. The van der Waals surface area contributed by atoms with Crippen molar-refractivity contribution < 1.29 is 0 Å². The van der Waals surface area contributed by atoms with Crippen LogP contribution in [0.1, 0.15) is 39.2 Å². The van der Waals surface area contributed by atoms with Crippen molar-refractivity contribution in [2.24, 2.45) is 5.41 Å². The number of piperidine rings is 1. The molecule has 0 aliphatic carbocycles. The van der Waals surface area contributed by atoms with Gasteiger partial charge in [-0.15, -0.1) is 0 Å². The van der Waals surface area contributed by atoms with E-state index in [1.54, 1.807) is 0 Å². The summed E-state index contributed by atoms with van der Waals surface area (Å²) in [4.78, 5) is 2.51. The zero-order valence-electron chi connectivity index (χ0n) is 12.3. The molecule has 1 aromatic rings. The minimum absolute atomic E-state index is 0.491. The molecule has 19 heavy (non-hydrogen) atoms. The molecule has 0 atom stereocenters. The summed E-state index contributed by atoms with van der Waals surface area (Å²) in [6.07, 6.45) is 2.52. The number of hydrogen-bond donors (Lipinski definition) is 1. The largest absolute Gasteiger partial charge is 0.371 e. The standard InChI is InChI=1S/C16H25ClN2/c1-4-18-12-13-11-14(17)5-6-15(13)19-9-7-16(2,3)8-10-19/h5-6,11,18H,4,7-10,12H2,1-3H3. The second-order valence-electron chi connectivity index (χ2n) is 6.20. The highest BCUT2D eigenvalue weighted by Gasteiger charge is 2.26. The average molecular weight is 281 g/mol. The molecule has 1 saturated heterocycles. The van der Waals surface area contributed by atoms with Gasteiger partial charge in [-0.1, -0.05) is 32.4 Å². The monoisotopic (exact) mass is 280 g/mol. The molecule has 0 unspecified atom stereocenters. The van der Waals surface area contributed by atoms with Gasteiger partial charge in [0.05, 0.1) is 0 Å². The van der Waals surface area contributed by atoms with Crippen LogP contribution in [0.3, 0.4) is 0 Å². The first-order valence-corrected chi connectivity index (χ1v) is 7.64. The van der Waals surface area contributed by atoms with Crippen LogP contribution >= 0.6 is 11.6 Å². The van der Waals surface area contributed by atoms with E-state index in [0.717, 1.165) is 31.2 Å². The molecule has 0 spiro atoms. The van der Waals surface area contributed by atoms with Gasteiger partial charge in [-0.25, -0.2) is 0 Å². The van der Waals surface area contributed by atoms with Crippen LogP contribution in [0.2, 0.25) is 5.02 Å². The molecule has 0 radical (unpaired) electrons. The van der Waals surface area contributed by atoms with Crippen molar-refractivity contribution >= 4 is 17.3 Å². The Labute approximate surface area is 122 Å². The zero-order chi connectivity index (χ0) is 13.9. The van der Waals surface area contributed by atoms with E-state index < -0.39 is 0 Å². The van der Waals surface area contributed by atoms with E-state index in [0.29, 0.717) is 5.41 Å². The van der Waals surface area contributed by atoms with Gasteiger partial charge in [-0.05, 0) is 48.6 Å². The van der Waals surface area contributed by atoms with Crippen LogP contribution in [0.25, 0.3) is 0 Å². The molecule has 1 heterocycles. The third-order valence-electron chi connectivity index (χ3n) is 4.06. The first kappa shape index (κ1) is 14.7. The SMILES string of the molecule is CCNCc1cc(Cl)ccc1N1CCC(C)(C)CC1. The summed E-state index contributed by atoms with van der Waals surface area (Å²) in [6.45, 7) is 11.0. The number of rotatable bonds is 4. The Kier molecular flexibility index (Phi) is 4.75. The fourth-order valence-electron chi connectivity index (χ4n) is 2.62. The molecule has 0 aromatic heterocycles. The first-order valence-electron chi connectivity index (χ1n) is 7.26. The maximum atomic E-state index is 6.13. The molecule has 3 heteroatoms. The van der Waals surface area contributed by atoms with Crippen LogP contribution in [0.15, 0.2) is 18.2 Å². The number of nitrogens with one attached hydrogen (secondary N) is 1. The van der Waals surface area contributed by atoms with Crippen LogP contribution in [-0.2, 0) is 6.54 Å². The van der Waals surface area contributed by atoms with E-state index >= 15 is 0 Å². The van der Waals surface area contributed by atoms with Gasteiger partial charge >= 0.3 is 0 Å². The topological polar surface area (TPSA) is 15.3 Å². The molecule has 2 nitrogen and oxygen atoms in total. The predicted octanol–water partition coefficient (Wildman–Crippen LogP) is 4.08. The minimum atomic E-state index is 0.491. The van der Waals surface area contributed by atoms with E-state index in [1.165, 1.54) is 24.1 Å².